The molecule has 2 aliphatic heterocycles. The summed E-state index contributed by atoms with van der Waals surface area (Å²) < 4.78 is 0. The highest BCUT2D eigenvalue weighted by atomic mass is 35.5. The summed E-state index contributed by atoms with van der Waals surface area (Å²) in [6.07, 6.45) is 4.27. The van der Waals surface area contributed by atoms with Crippen molar-refractivity contribution >= 4 is 35.0 Å². The van der Waals surface area contributed by atoms with Gasteiger partial charge in [-0.15, -0.1) is 0 Å². The van der Waals surface area contributed by atoms with E-state index in [2.05, 4.69) is 15.5 Å². The zero-order chi connectivity index (χ0) is 20.5. The maximum atomic E-state index is 12.4. The first-order chi connectivity index (χ1) is 13.1. The van der Waals surface area contributed by atoms with Gasteiger partial charge < -0.3 is 10.6 Å². The van der Waals surface area contributed by atoms with Crippen molar-refractivity contribution in [3.8, 4) is 0 Å². The number of carbonyl (C=O) groups is 2. The molecule has 2 heterocycles. The Morgan fingerprint density at radius 2 is 1.64 bits per heavy atom. The third-order valence-corrected chi connectivity index (χ3v) is 5.94. The smallest absolute Gasteiger partial charge is 0.251 e. The molecule has 5 nitrogen and oxygen atoms in total. The summed E-state index contributed by atoms with van der Waals surface area (Å²) in [5, 5.41) is 6.99. The van der Waals surface area contributed by atoms with Crippen LogP contribution in [0.5, 0.6) is 0 Å². The van der Waals surface area contributed by atoms with Crippen LogP contribution in [0.1, 0.15) is 56.8 Å². The molecule has 2 N–H and O–H groups in total. The van der Waals surface area contributed by atoms with Gasteiger partial charge in [-0.25, -0.2) is 0 Å². The molecule has 154 valence electrons. The minimum Gasteiger partial charge on any atom is -0.352 e. The van der Waals surface area contributed by atoms with Gasteiger partial charge in [-0.2, -0.15) is 0 Å². The topological polar surface area (TPSA) is 61.4 Å². The lowest BCUT2D eigenvalue weighted by Crippen LogP contribution is -2.52. The Balaban J connectivity index is 1.51. The van der Waals surface area contributed by atoms with Crippen LogP contribution in [0.15, 0.2) is 18.2 Å². The van der Waals surface area contributed by atoms with E-state index in [1.54, 1.807) is 18.2 Å². The minimum atomic E-state index is -0.206. The summed E-state index contributed by atoms with van der Waals surface area (Å²) >= 11 is 12.0. The molecule has 3 rings (SSSR count). The molecule has 1 aromatic carbocycles. The summed E-state index contributed by atoms with van der Waals surface area (Å²) in [5.74, 6) is 0.371. The zero-order valence-electron chi connectivity index (χ0n) is 16.7. The van der Waals surface area contributed by atoms with Gasteiger partial charge in [0.15, 0.2) is 0 Å². The predicted octanol–water partition coefficient (Wildman–Crippen LogP) is 3.88. The van der Waals surface area contributed by atoms with E-state index in [0.29, 0.717) is 46.7 Å². The number of piperidine rings is 1. The van der Waals surface area contributed by atoms with E-state index in [-0.39, 0.29) is 17.4 Å². The Morgan fingerprint density at radius 3 is 2.18 bits per heavy atom. The fourth-order valence-electron chi connectivity index (χ4n) is 4.46. The lowest BCUT2D eigenvalue weighted by molar-refractivity contribution is -0.125. The fourth-order valence-corrected chi connectivity index (χ4v) is 4.99. The van der Waals surface area contributed by atoms with Gasteiger partial charge in [0.2, 0.25) is 5.91 Å². The number of hydrogen-bond acceptors (Lipinski definition) is 3. The van der Waals surface area contributed by atoms with Crippen LogP contribution < -0.4 is 10.6 Å². The number of nitrogens with one attached hydrogen (secondary N) is 2. The molecule has 0 radical (unpaired) electrons. The Labute approximate surface area is 177 Å². The summed E-state index contributed by atoms with van der Waals surface area (Å²) in [7, 11) is 0. The van der Waals surface area contributed by atoms with Crippen LogP contribution in [0.2, 0.25) is 10.0 Å². The van der Waals surface area contributed by atoms with Gasteiger partial charge in [0.25, 0.3) is 5.91 Å². The average Bonchev–Trinajstić information content (AvgIpc) is 2.79. The monoisotopic (exact) mass is 425 g/mol. The van der Waals surface area contributed by atoms with Crippen LogP contribution in [0.4, 0.5) is 0 Å². The number of rotatable bonds is 5. The fraction of sp³-hybridized carbons (Fsp3) is 0.619. The van der Waals surface area contributed by atoms with Crippen LogP contribution in [-0.4, -0.2) is 47.4 Å². The average molecular weight is 426 g/mol. The van der Waals surface area contributed by atoms with Crippen LogP contribution in [-0.2, 0) is 4.79 Å². The van der Waals surface area contributed by atoms with E-state index < -0.39 is 0 Å². The maximum Gasteiger partial charge on any atom is 0.251 e. The number of halogens is 2. The number of benzene rings is 1. The lowest BCUT2D eigenvalue weighted by Gasteiger charge is -2.39. The van der Waals surface area contributed by atoms with Gasteiger partial charge in [0, 0.05) is 39.8 Å². The molecule has 1 aromatic rings. The number of amides is 2. The van der Waals surface area contributed by atoms with E-state index >= 15 is 0 Å². The first kappa shape index (κ1) is 21.4. The highest BCUT2D eigenvalue weighted by molar-refractivity contribution is 6.35. The second-order valence-corrected chi connectivity index (χ2v) is 9.93. The molecular formula is C21H29Cl2N3O2. The SMILES string of the molecule is CC(C)(C)NC(=O)CN1C2CCC1CC(CNC(=O)c1cc(Cl)cc(Cl)c1)C2. The first-order valence-electron chi connectivity index (χ1n) is 9.92. The van der Waals surface area contributed by atoms with Crippen molar-refractivity contribution in [2.75, 3.05) is 13.1 Å². The highest BCUT2D eigenvalue weighted by Gasteiger charge is 2.41. The summed E-state index contributed by atoms with van der Waals surface area (Å²) in [6.45, 7) is 7.11. The molecule has 2 aliphatic rings. The van der Waals surface area contributed by atoms with Crippen LogP contribution in [0.25, 0.3) is 0 Å². The molecule has 2 fully saturated rings. The molecule has 2 atom stereocenters. The van der Waals surface area contributed by atoms with Gasteiger partial charge in [-0.3, -0.25) is 14.5 Å². The second-order valence-electron chi connectivity index (χ2n) is 9.06. The number of nitrogens with zero attached hydrogens (tertiary/aromatic N) is 1. The third kappa shape index (κ3) is 5.62. The molecule has 2 saturated heterocycles. The zero-order valence-corrected chi connectivity index (χ0v) is 18.2. The van der Waals surface area contributed by atoms with Crippen molar-refractivity contribution in [3.63, 3.8) is 0 Å². The van der Waals surface area contributed by atoms with Crippen LogP contribution in [0, 0.1) is 5.92 Å². The molecule has 2 unspecified atom stereocenters. The molecular weight excluding hydrogens is 397 g/mol. The molecule has 28 heavy (non-hydrogen) atoms. The number of fused-ring (bicyclic) bond motifs is 2. The van der Waals surface area contributed by atoms with E-state index in [1.165, 1.54) is 0 Å². The van der Waals surface area contributed by atoms with Gasteiger partial charge in [-0.05, 0) is 70.6 Å². The Hall–Kier alpha value is -1.30. The molecule has 0 saturated carbocycles. The van der Waals surface area contributed by atoms with Crippen molar-refractivity contribution in [1.82, 2.24) is 15.5 Å². The molecule has 0 aliphatic carbocycles. The molecule has 2 amide bonds. The summed E-state index contributed by atoms with van der Waals surface area (Å²) in [5.41, 5.74) is 0.277. The molecule has 7 heteroatoms. The molecule has 2 bridgehead atoms. The van der Waals surface area contributed by atoms with Crippen molar-refractivity contribution in [1.29, 1.82) is 0 Å². The third-order valence-electron chi connectivity index (χ3n) is 5.50. The van der Waals surface area contributed by atoms with Gasteiger partial charge in [-0.1, -0.05) is 23.2 Å². The standard InChI is InChI=1S/C21H29Cl2N3O2/c1-21(2,3)25-19(27)12-26-17-4-5-18(26)7-13(6-17)11-24-20(28)14-8-15(22)10-16(23)9-14/h8-10,13,17-18H,4-7,11-12H2,1-3H3,(H,24,28)(H,25,27). The number of hydrogen-bond donors (Lipinski definition) is 2. The Kier molecular flexibility index (Phi) is 6.58. The van der Waals surface area contributed by atoms with E-state index in [9.17, 15) is 9.59 Å². The molecule has 0 aromatic heterocycles. The normalized spacial score (nSPS) is 24.8. The van der Waals surface area contributed by atoms with Crippen LogP contribution >= 0.6 is 23.2 Å². The lowest BCUT2D eigenvalue weighted by atomic mass is 9.90. The maximum absolute atomic E-state index is 12.4. The largest absolute Gasteiger partial charge is 0.352 e. The van der Waals surface area contributed by atoms with Gasteiger partial charge in [0.1, 0.15) is 0 Å². The highest BCUT2D eigenvalue weighted by Crippen LogP contribution is 2.38. The van der Waals surface area contributed by atoms with Crippen molar-refractivity contribution in [2.24, 2.45) is 5.92 Å². The quantitative estimate of drug-likeness (QED) is 0.751. The minimum absolute atomic E-state index is 0.0917. The van der Waals surface area contributed by atoms with E-state index in [4.69, 9.17) is 23.2 Å². The first-order valence-corrected chi connectivity index (χ1v) is 10.7. The summed E-state index contributed by atoms with van der Waals surface area (Å²) in [6, 6.07) is 5.72. The van der Waals surface area contributed by atoms with E-state index in [1.807, 2.05) is 20.8 Å². The predicted molar refractivity (Wildman–Crippen MR) is 113 cm³/mol. The number of carbonyl (C=O) groups excluding carboxylic acids is 2. The van der Waals surface area contributed by atoms with Gasteiger partial charge >= 0.3 is 0 Å². The summed E-state index contributed by atoms with van der Waals surface area (Å²) in [4.78, 5) is 27.1. The Bertz CT molecular complexity index is 713. The van der Waals surface area contributed by atoms with Crippen LogP contribution in [0.3, 0.4) is 0 Å². The van der Waals surface area contributed by atoms with Gasteiger partial charge in [0.05, 0.1) is 6.54 Å². The van der Waals surface area contributed by atoms with Crippen molar-refractivity contribution < 1.29 is 9.59 Å². The second kappa shape index (κ2) is 8.60. The van der Waals surface area contributed by atoms with Crippen molar-refractivity contribution in [2.45, 2.75) is 64.1 Å². The van der Waals surface area contributed by atoms with E-state index in [0.717, 1.165) is 25.7 Å². The Morgan fingerprint density at radius 1 is 1.07 bits per heavy atom. The molecule has 0 spiro atoms. The van der Waals surface area contributed by atoms with Crippen molar-refractivity contribution in [3.05, 3.63) is 33.8 Å².